The minimum absolute atomic E-state index is 0. The number of carboxylic acids is 1. The minimum atomic E-state index is -0.934. The molecule has 0 heterocycles. The third-order valence-electron chi connectivity index (χ3n) is 3.16. The predicted molar refractivity (Wildman–Crippen MR) is 99.0 cm³/mol. The zero-order chi connectivity index (χ0) is 16.8. The van der Waals surface area contributed by atoms with E-state index in [1.54, 1.807) is 12.1 Å². The lowest BCUT2D eigenvalue weighted by atomic mass is 10.2. The lowest BCUT2D eigenvalue weighted by Gasteiger charge is -2.20. The van der Waals surface area contributed by atoms with E-state index in [0.29, 0.717) is 11.6 Å². The molecule has 23 heavy (non-hydrogen) atoms. The quantitative estimate of drug-likeness (QED) is 0.683. The maximum Gasteiger partial charge on any atom is 0.335 e. The molecule has 134 valence electrons. The van der Waals surface area contributed by atoms with Crippen LogP contribution in [0.4, 0.5) is 0 Å². The summed E-state index contributed by atoms with van der Waals surface area (Å²) in [4.78, 5) is 12.6. The van der Waals surface area contributed by atoms with E-state index in [1.165, 1.54) is 37.8 Å². The van der Waals surface area contributed by atoms with Crippen molar-refractivity contribution in [1.82, 2.24) is 4.90 Å². The van der Waals surface area contributed by atoms with Crippen LogP contribution < -0.4 is 0 Å². The van der Waals surface area contributed by atoms with Crippen molar-refractivity contribution < 1.29 is 15.0 Å². The van der Waals surface area contributed by atoms with Crippen LogP contribution in [0.2, 0.25) is 5.02 Å². The molecule has 0 radical (unpaired) electrons. The maximum absolute atomic E-state index is 10.3. The van der Waals surface area contributed by atoms with Gasteiger partial charge in [0.2, 0.25) is 0 Å². The summed E-state index contributed by atoms with van der Waals surface area (Å²) in [5.41, 5.74) is 0.254. The summed E-state index contributed by atoms with van der Waals surface area (Å²) in [5, 5.41) is 17.8. The van der Waals surface area contributed by atoms with Gasteiger partial charge >= 0.3 is 5.97 Å². The molecule has 0 unspecified atom stereocenters. The van der Waals surface area contributed by atoms with Crippen LogP contribution in [0.1, 0.15) is 49.9 Å². The predicted octanol–water partition coefficient (Wildman–Crippen LogP) is 4.34. The summed E-state index contributed by atoms with van der Waals surface area (Å²) in [7, 11) is 0. The molecule has 0 atom stereocenters. The van der Waals surface area contributed by atoms with Crippen molar-refractivity contribution in [2.45, 2.75) is 39.5 Å². The summed E-state index contributed by atoms with van der Waals surface area (Å²) >= 11 is 5.52. The lowest BCUT2D eigenvalue weighted by molar-refractivity contribution is 0.0697. The molecule has 0 fully saturated rings. The molecular weight excluding hydrogens is 337 g/mol. The number of aliphatic hydroxyl groups excluding tert-OH is 1. The Bertz CT molecular complexity index is 391. The Balaban J connectivity index is 0. The minimum Gasteiger partial charge on any atom is -0.478 e. The fraction of sp³-hybridized carbons (Fsp3) is 0.588. The molecule has 0 spiro atoms. The number of aromatic carboxylic acids is 1. The Hall–Kier alpha value is -0.810. The smallest absolute Gasteiger partial charge is 0.335 e. The van der Waals surface area contributed by atoms with Gasteiger partial charge in [-0.25, -0.2) is 4.79 Å². The lowest BCUT2D eigenvalue weighted by Crippen LogP contribution is -2.28. The standard InChI is InChI=1S/C10H23NO.C7H5ClO2.ClH/c1-3-5-7-11(9-10-12)8-6-4-2;8-6-3-1-5(2-4-6)7(9)10;/h12H,3-10H2,1-2H3;1-4H,(H,9,10);1H. The second-order valence-corrected chi connectivity index (χ2v) is 5.52. The molecule has 0 amide bonds. The number of halogens is 2. The molecule has 0 bridgehead atoms. The normalized spacial score (nSPS) is 9.78. The molecule has 0 aliphatic carbocycles. The average Bonchev–Trinajstić information content (AvgIpc) is 2.51. The Labute approximate surface area is 150 Å². The van der Waals surface area contributed by atoms with E-state index in [1.807, 2.05) is 0 Å². The molecular formula is C17H29Cl2NO3. The molecule has 6 heteroatoms. The van der Waals surface area contributed by atoms with Crippen LogP contribution >= 0.6 is 24.0 Å². The van der Waals surface area contributed by atoms with E-state index in [2.05, 4.69) is 18.7 Å². The first-order chi connectivity index (χ1) is 10.5. The number of carbonyl (C=O) groups is 1. The fourth-order valence-corrected chi connectivity index (χ4v) is 1.96. The number of rotatable bonds is 9. The molecule has 0 saturated carbocycles. The van der Waals surface area contributed by atoms with Gasteiger partial charge in [0, 0.05) is 11.6 Å². The van der Waals surface area contributed by atoms with E-state index in [4.69, 9.17) is 21.8 Å². The van der Waals surface area contributed by atoms with Gasteiger partial charge in [-0.05, 0) is 50.2 Å². The highest BCUT2D eigenvalue weighted by atomic mass is 35.5. The Kier molecular flexibility index (Phi) is 17.1. The number of hydrogen-bond donors (Lipinski definition) is 2. The van der Waals surface area contributed by atoms with Crippen LogP contribution in [-0.4, -0.2) is 47.3 Å². The molecule has 0 saturated heterocycles. The SMILES string of the molecule is CCCCN(CCO)CCCC.Cl.O=C(O)c1ccc(Cl)cc1. The first kappa shape index (κ1) is 24.4. The van der Waals surface area contributed by atoms with Crippen LogP contribution in [0.5, 0.6) is 0 Å². The third kappa shape index (κ3) is 13.3. The van der Waals surface area contributed by atoms with Gasteiger partial charge < -0.3 is 15.1 Å². The van der Waals surface area contributed by atoms with Crippen LogP contribution in [0.3, 0.4) is 0 Å². The van der Waals surface area contributed by atoms with Crippen molar-refractivity contribution in [2.75, 3.05) is 26.2 Å². The van der Waals surface area contributed by atoms with Gasteiger partial charge in [0.25, 0.3) is 0 Å². The number of carboxylic acid groups (broad SMARTS) is 1. The summed E-state index contributed by atoms with van der Waals surface area (Å²) < 4.78 is 0. The number of hydrogen-bond acceptors (Lipinski definition) is 3. The maximum atomic E-state index is 10.3. The third-order valence-corrected chi connectivity index (χ3v) is 3.42. The second kappa shape index (κ2) is 16.1. The average molecular weight is 366 g/mol. The number of unbranched alkanes of at least 4 members (excludes halogenated alkanes) is 2. The van der Waals surface area contributed by atoms with Crippen LogP contribution in [0, 0.1) is 0 Å². The van der Waals surface area contributed by atoms with Crippen LogP contribution in [0.25, 0.3) is 0 Å². The van der Waals surface area contributed by atoms with Gasteiger partial charge in [-0.2, -0.15) is 0 Å². The highest BCUT2D eigenvalue weighted by Crippen LogP contribution is 2.08. The van der Waals surface area contributed by atoms with E-state index in [0.717, 1.165) is 19.6 Å². The molecule has 1 aromatic carbocycles. The van der Waals surface area contributed by atoms with Gasteiger partial charge in [0.1, 0.15) is 0 Å². The molecule has 2 N–H and O–H groups in total. The largest absolute Gasteiger partial charge is 0.478 e. The van der Waals surface area contributed by atoms with E-state index < -0.39 is 5.97 Å². The van der Waals surface area contributed by atoms with Crippen LogP contribution in [-0.2, 0) is 0 Å². The van der Waals surface area contributed by atoms with E-state index in [-0.39, 0.29) is 18.0 Å². The van der Waals surface area contributed by atoms with E-state index >= 15 is 0 Å². The summed E-state index contributed by atoms with van der Waals surface area (Å²) in [6.07, 6.45) is 5.00. The topological polar surface area (TPSA) is 60.8 Å². The van der Waals surface area contributed by atoms with Crippen LogP contribution in [0.15, 0.2) is 24.3 Å². The zero-order valence-corrected chi connectivity index (χ0v) is 15.6. The number of aliphatic hydroxyl groups is 1. The van der Waals surface area contributed by atoms with Crippen molar-refractivity contribution in [3.63, 3.8) is 0 Å². The summed E-state index contributed by atoms with van der Waals surface area (Å²) in [6, 6.07) is 6.02. The van der Waals surface area contributed by atoms with Crippen molar-refractivity contribution in [3.8, 4) is 0 Å². The second-order valence-electron chi connectivity index (χ2n) is 5.08. The van der Waals surface area contributed by atoms with Crippen molar-refractivity contribution in [1.29, 1.82) is 0 Å². The number of benzene rings is 1. The zero-order valence-electron chi connectivity index (χ0n) is 14.0. The highest BCUT2D eigenvalue weighted by Gasteiger charge is 2.01. The molecule has 0 aliphatic rings. The molecule has 0 aromatic heterocycles. The van der Waals surface area contributed by atoms with Gasteiger partial charge in [0.05, 0.1) is 12.2 Å². The van der Waals surface area contributed by atoms with Crippen molar-refractivity contribution in [3.05, 3.63) is 34.9 Å². The molecule has 1 aromatic rings. The first-order valence-electron chi connectivity index (χ1n) is 7.87. The number of nitrogens with zero attached hydrogens (tertiary/aromatic N) is 1. The van der Waals surface area contributed by atoms with Gasteiger partial charge in [-0.15, -0.1) is 12.4 Å². The van der Waals surface area contributed by atoms with E-state index in [9.17, 15) is 4.79 Å². The monoisotopic (exact) mass is 365 g/mol. The molecule has 0 aliphatic heterocycles. The Morgan fingerprint density at radius 3 is 1.87 bits per heavy atom. The first-order valence-corrected chi connectivity index (χ1v) is 8.25. The van der Waals surface area contributed by atoms with Crippen molar-refractivity contribution >= 4 is 30.0 Å². The van der Waals surface area contributed by atoms with Gasteiger partial charge in [0.15, 0.2) is 0 Å². The van der Waals surface area contributed by atoms with Gasteiger partial charge in [-0.1, -0.05) is 38.3 Å². The molecule has 4 nitrogen and oxygen atoms in total. The van der Waals surface area contributed by atoms with Gasteiger partial charge in [-0.3, -0.25) is 0 Å². The Morgan fingerprint density at radius 2 is 1.52 bits per heavy atom. The summed E-state index contributed by atoms with van der Waals surface area (Å²) in [5.74, 6) is -0.934. The Morgan fingerprint density at radius 1 is 1.04 bits per heavy atom. The molecule has 1 rings (SSSR count). The van der Waals surface area contributed by atoms with Crippen molar-refractivity contribution in [2.24, 2.45) is 0 Å². The summed E-state index contributed by atoms with van der Waals surface area (Å²) in [6.45, 7) is 7.86. The highest BCUT2D eigenvalue weighted by molar-refractivity contribution is 6.30. The fourth-order valence-electron chi connectivity index (χ4n) is 1.83.